The van der Waals surface area contributed by atoms with Crippen LogP contribution in [0.25, 0.3) is 0 Å². The van der Waals surface area contributed by atoms with E-state index >= 15 is 0 Å². The van der Waals surface area contributed by atoms with E-state index < -0.39 is 0 Å². The molecule has 116 valence electrons. The number of benzene rings is 1. The number of nitrogens with one attached hydrogen (secondary N) is 1. The molecule has 0 spiro atoms. The Morgan fingerprint density at radius 2 is 2.09 bits per heavy atom. The number of fused-ring (bicyclic) bond motifs is 1. The molecule has 3 rings (SSSR count). The maximum Gasteiger partial charge on any atom is 0.224 e. The van der Waals surface area contributed by atoms with E-state index in [4.69, 9.17) is 9.26 Å². The number of carbonyl (C=O) groups is 1. The van der Waals surface area contributed by atoms with Gasteiger partial charge < -0.3 is 14.6 Å². The van der Waals surface area contributed by atoms with Gasteiger partial charge in [0.05, 0.1) is 24.8 Å². The highest BCUT2D eigenvalue weighted by molar-refractivity contribution is 5.79. The molecular weight excluding hydrogens is 280 g/mol. The Balaban J connectivity index is 1.52. The zero-order valence-corrected chi connectivity index (χ0v) is 12.9. The lowest BCUT2D eigenvalue weighted by molar-refractivity contribution is -0.121. The lowest BCUT2D eigenvalue weighted by atomic mass is 9.99. The number of carbonyl (C=O) groups excluding carboxylic acids is 1. The number of aryl methyl sites for hydroxylation is 2. The fraction of sp³-hybridized carbons (Fsp3) is 0.412. The van der Waals surface area contributed by atoms with Crippen molar-refractivity contribution in [1.82, 2.24) is 10.5 Å². The molecule has 5 nitrogen and oxygen atoms in total. The van der Waals surface area contributed by atoms with E-state index in [-0.39, 0.29) is 12.0 Å². The first-order valence-corrected chi connectivity index (χ1v) is 7.50. The van der Waals surface area contributed by atoms with E-state index in [1.54, 1.807) is 0 Å². The minimum Gasteiger partial charge on any atom is -0.371 e. The smallest absolute Gasteiger partial charge is 0.224 e. The Kier molecular flexibility index (Phi) is 4.24. The van der Waals surface area contributed by atoms with Crippen molar-refractivity contribution in [2.45, 2.75) is 39.4 Å². The summed E-state index contributed by atoms with van der Waals surface area (Å²) in [4.78, 5) is 12.1. The van der Waals surface area contributed by atoms with Crippen molar-refractivity contribution in [3.63, 3.8) is 0 Å². The maximum absolute atomic E-state index is 12.1. The van der Waals surface area contributed by atoms with Crippen molar-refractivity contribution >= 4 is 5.91 Å². The van der Waals surface area contributed by atoms with E-state index in [9.17, 15) is 4.79 Å². The third-order valence-corrected chi connectivity index (χ3v) is 4.09. The molecule has 0 unspecified atom stereocenters. The van der Waals surface area contributed by atoms with Crippen LogP contribution in [-0.4, -0.2) is 23.7 Å². The molecule has 1 N–H and O–H groups in total. The maximum atomic E-state index is 12.1. The van der Waals surface area contributed by atoms with E-state index in [0.29, 0.717) is 25.3 Å². The first-order chi connectivity index (χ1) is 10.6. The number of nitrogens with zero attached hydrogens (tertiary/aromatic N) is 1. The molecule has 1 atom stereocenters. The van der Waals surface area contributed by atoms with Gasteiger partial charge in [-0.15, -0.1) is 0 Å². The van der Waals surface area contributed by atoms with Crippen LogP contribution in [0.2, 0.25) is 0 Å². The van der Waals surface area contributed by atoms with Gasteiger partial charge in [0.1, 0.15) is 5.76 Å². The molecule has 1 aliphatic rings. The van der Waals surface area contributed by atoms with Gasteiger partial charge >= 0.3 is 0 Å². The van der Waals surface area contributed by atoms with Crippen molar-refractivity contribution in [1.29, 1.82) is 0 Å². The van der Waals surface area contributed by atoms with E-state index in [1.165, 1.54) is 11.1 Å². The van der Waals surface area contributed by atoms with Gasteiger partial charge in [-0.3, -0.25) is 4.79 Å². The lowest BCUT2D eigenvalue weighted by Gasteiger charge is -2.25. The summed E-state index contributed by atoms with van der Waals surface area (Å²) in [6.45, 7) is 4.81. The van der Waals surface area contributed by atoms with Gasteiger partial charge in [0, 0.05) is 18.5 Å². The fourth-order valence-corrected chi connectivity index (χ4v) is 2.75. The van der Waals surface area contributed by atoms with Crippen molar-refractivity contribution in [3.05, 3.63) is 52.4 Å². The fourth-order valence-electron chi connectivity index (χ4n) is 2.75. The summed E-state index contributed by atoms with van der Waals surface area (Å²) in [5.74, 6) is 0.673. The molecular formula is C17H20N2O3. The second-order valence-corrected chi connectivity index (χ2v) is 5.69. The number of hydrogen-bond acceptors (Lipinski definition) is 4. The normalized spacial score (nSPS) is 17.1. The molecule has 0 aliphatic carbocycles. The molecule has 1 aromatic carbocycles. The highest BCUT2D eigenvalue weighted by Gasteiger charge is 2.20. The summed E-state index contributed by atoms with van der Waals surface area (Å²) in [5, 5.41) is 6.81. The Hall–Kier alpha value is -2.14. The molecule has 2 aromatic rings. The molecule has 0 saturated heterocycles. The third-order valence-electron chi connectivity index (χ3n) is 4.09. The number of aromatic nitrogens is 1. The van der Waals surface area contributed by atoms with Crippen LogP contribution in [-0.2, 0) is 29.0 Å². The molecule has 0 radical (unpaired) electrons. The van der Waals surface area contributed by atoms with Crippen molar-refractivity contribution in [2.75, 3.05) is 6.54 Å². The van der Waals surface area contributed by atoms with Crippen molar-refractivity contribution < 1.29 is 14.1 Å². The average Bonchev–Trinajstić information content (AvgIpc) is 2.84. The number of amides is 1. The zero-order chi connectivity index (χ0) is 15.5. The van der Waals surface area contributed by atoms with Gasteiger partial charge in [0.15, 0.2) is 0 Å². The molecule has 0 saturated carbocycles. The first-order valence-electron chi connectivity index (χ1n) is 7.50. The van der Waals surface area contributed by atoms with Gasteiger partial charge in [0.2, 0.25) is 5.91 Å². The van der Waals surface area contributed by atoms with E-state index in [1.807, 2.05) is 26.0 Å². The number of rotatable bonds is 4. The topological polar surface area (TPSA) is 64.4 Å². The second kappa shape index (κ2) is 6.32. The standard InChI is InChI=1S/C17H20N2O3/c1-11-16(12(2)22-19-11)8-17(20)18-9-15-7-13-5-3-4-6-14(13)10-21-15/h3-6,15H,7-10H2,1-2H3,(H,18,20)/t15-/m0/s1. The number of hydrogen-bond donors (Lipinski definition) is 1. The van der Waals surface area contributed by atoms with E-state index in [2.05, 4.69) is 22.6 Å². The van der Waals surface area contributed by atoms with Crippen LogP contribution in [0.3, 0.4) is 0 Å². The zero-order valence-electron chi connectivity index (χ0n) is 12.9. The van der Waals surface area contributed by atoms with Gasteiger partial charge in [-0.2, -0.15) is 0 Å². The van der Waals surface area contributed by atoms with E-state index in [0.717, 1.165) is 17.7 Å². The SMILES string of the molecule is Cc1noc(C)c1CC(=O)NC[C@@H]1Cc2ccccc2CO1. The largest absolute Gasteiger partial charge is 0.371 e. The van der Waals surface area contributed by atoms with Gasteiger partial charge in [-0.25, -0.2) is 0 Å². The Labute approximate surface area is 129 Å². The molecule has 22 heavy (non-hydrogen) atoms. The van der Waals surface area contributed by atoms with Gasteiger partial charge in [-0.05, 0) is 25.0 Å². The molecule has 1 aliphatic heterocycles. The summed E-state index contributed by atoms with van der Waals surface area (Å²) in [6.07, 6.45) is 1.16. The summed E-state index contributed by atoms with van der Waals surface area (Å²) < 4.78 is 10.9. The van der Waals surface area contributed by atoms with Crippen LogP contribution in [0.1, 0.15) is 28.1 Å². The molecule has 0 bridgehead atoms. The lowest BCUT2D eigenvalue weighted by Crippen LogP contribution is -2.37. The Bertz CT molecular complexity index is 659. The molecule has 5 heteroatoms. The molecule has 2 heterocycles. The summed E-state index contributed by atoms with van der Waals surface area (Å²) in [5.41, 5.74) is 4.18. The predicted molar refractivity (Wildman–Crippen MR) is 81.4 cm³/mol. The van der Waals surface area contributed by atoms with Crippen molar-refractivity contribution in [3.8, 4) is 0 Å². The van der Waals surface area contributed by atoms with Crippen LogP contribution < -0.4 is 5.32 Å². The van der Waals surface area contributed by atoms with Gasteiger partial charge in [-0.1, -0.05) is 29.4 Å². The third kappa shape index (κ3) is 3.20. The minimum absolute atomic E-state index is 0.0307. The highest BCUT2D eigenvalue weighted by Crippen LogP contribution is 2.20. The van der Waals surface area contributed by atoms with Gasteiger partial charge in [0.25, 0.3) is 0 Å². The Morgan fingerprint density at radius 3 is 2.82 bits per heavy atom. The van der Waals surface area contributed by atoms with Crippen LogP contribution >= 0.6 is 0 Å². The monoisotopic (exact) mass is 300 g/mol. The molecule has 0 fully saturated rings. The van der Waals surface area contributed by atoms with Crippen molar-refractivity contribution in [2.24, 2.45) is 0 Å². The molecule has 1 aromatic heterocycles. The van der Waals surface area contributed by atoms with Crippen LogP contribution in [0.5, 0.6) is 0 Å². The number of ether oxygens (including phenoxy) is 1. The van der Waals surface area contributed by atoms with Crippen LogP contribution in [0.15, 0.2) is 28.8 Å². The van der Waals surface area contributed by atoms with Crippen LogP contribution in [0, 0.1) is 13.8 Å². The Morgan fingerprint density at radius 1 is 1.32 bits per heavy atom. The summed E-state index contributed by atoms with van der Waals surface area (Å²) in [6, 6.07) is 8.27. The molecule has 1 amide bonds. The average molecular weight is 300 g/mol. The first kappa shape index (κ1) is 14.8. The predicted octanol–water partition coefficient (Wildman–Crippen LogP) is 2.09. The second-order valence-electron chi connectivity index (χ2n) is 5.69. The minimum atomic E-state index is -0.0307. The quantitative estimate of drug-likeness (QED) is 0.939. The van der Waals surface area contributed by atoms with Crippen LogP contribution in [0.4, 0.5) is 0 Å². The highest BCUT2D eigenvalue weighted by atomic mass is 16.5. The summed E-state index contributed by atoms with van der Waals surface area (Å²) >= 11 is 0. The summed E-state index contributed by atoms with van der Waals surface area (Å²) in [7, 11) is 0.